The van der Waals surface area contributed by atoms with Gasteiger partial charge >= 0.3 is 0 Å². The Morgan fingerprint density at radius 3 is 3.06 bits per heavy atom. The number of halogens is 1. The Bertz CT molecular complexity index is 423. The molecule has 5 nitrogen and oxygen atoms in total. The quantitative estimate of drug-likeness (QED) is 0.756. The molecule has 0 saturated carbocycles. The van der Waals surface area contributed by atoms with E-state index >= 15 is 0 Å². The highest BCUT2D eigenvalue weighted by molar-refractivity contribution is 6.32. The van der Waals surface area contributed by atoms with Gasteiger partial charge in [0.1, 0.15) is 5.02 Å². The molecule has 2 atom stereocenters. The van der Waals surface area contributed by atoms with Crippen molar-refractivity contribution in [2.45, 2.75) is 19.4 Å². The minimum Gasteiger partial charge on any atom is -0.367 e. The first-order chi connectivity index (χ1) is 7.58. The number of rotatable bonds is 1. The predicted molar refractivity (Wildman–Crippen MR) is 63.8 cm³/mol. The summed E-state index contributed by atoms with van der Waals surface area (Å²) in [4.78, 5) is 13.4. The molecule has 88 valence electrons. The van der Waals surface area contributed by atoms with Gasteiger partial charge in [0.15, 0.2) is 0 Å². The maximum absolute atomic E-state index is 11.3. The standard InChI is InChI=1S/C10H15ClN4O/c1-6-2-7(12)5-15(4-6)8-3-13-14-10(16)9(8)11/h3,6-7H,2,4-5,12H2,1H3,(H,14,16). The second-order valence-electron chi connectivity index (χ2n) is 4.40. The van der Waals surface area contributed by atoms with Gasteiger partial charge in [0.25, 0.3) is 5.56 Å². The Morgan fingerprint density at radius 1 is 1.62 bits per heavy atom. The first kappa shape index (κ1) is 11.4. The molecule has 6 heteroatoms. The molecule has 0 aliphatic carbocycles. The lowest BCUT2D eigenvalue weighted by molar-refractivity contribution is 0.401. The fourth-order valence-corrected chi connectivity index (χ4v) is 2.40. The number of aromatic nitrogens is 2. The molecule has 1 fully saturated rings. The highest BCUT2D eigenvalue weighted by Gasteiger charge is 2.24. The van der Waals surface area contributed by atoms with E-state index in [1.165, 1.54) is 0 Å². The summed E-state index contributed by atoms with van der Waals surface area (Å²) in [5, 5.41) is 6.26. The van der Waals surface area contributed by atoms with Gasteiger partial charge in [0.2, 0.25) is 0 Å². The number of aromatic amines is 1. The Morgan fingerprint density at radius 2 is 2.38 bits per heavy atom. The van der Waals surface area contributed by atoms with E-state index in [1.807, 2.05) is 4.90 Å². The van der Waals surface area contributed by atoms with Crippen LogP contribution in [0, 0.1) is 5.92 Å². The van der Waals surface area contributed by atoms with Crippen molar-refractivity contribution in [2.24, 2.45) is 11.7 Å². The van der Waals surface area contributed by atoms with Crippen molar-refractivity contribution in [3.05, 3.63) is 21.6 Å². The fourth-order valence-electron chi connectivity index (χ4n) is 2.19. The van der Waals surface area contributed by atoms with Crippen LogP contribution >= 0.6 is 11.6 Å². The van der Waals surface area contributed by atoms with E-state index in [4.69, 9.17) is 17.3 Å². The summed E-state index contributed by atoms with van der Waals surface area (Å²) in [6.45, 7) is 3.72. The van der Waals surface area contributed by atoms with Crippen LogP contribution in [0.25, 0.3) is 0 Å². The summed E-state index contributed by atoms with van der Waals surface area (Å²) < 4.78 is 0. The van der Waals surface area contributed by atoms with Gasteiger partial charge in [-0.15, -0.1) is 0 Å². The third kappa shape index (κ3) is 2.20. The maximum Gasteiger partial charge on any atom is 0.285 e. The lowest BCUT2D eigenvalue weighted by Crippen LogP contribution is -2.46. The van der Waals surface area contributed by atoms with E-state index in [9.17, 15) is 4.79 Å². The molecule has 2 heterocycles. The van der Waals surface area contributed by atoms with Gasteiger partial charge in [-0.2, -0.15) is 5.10 Å². The number of nitrogens with zero attached hydrogens (tertiary/aromatic N) is 2. The van der Waals surface area contributed by atoms with Crippen LogP contribution < -0.4 is 16.2 Å². The number of hydrogen-bond acceptors (Lipinski definition) is 4. The van der Waals surface area contributed by atoms with Crippen molar-refractivity contribution in [1.82, 2.24) is 10.2 Å². The zero-order valence-corrected chi connectivity index (χ0v) is 9.87. The first-order valence-corrected chi connectivity index (χ1v) is 5.69. The van der Waals surface area contributed by atoms with Crippen LogP contribution in [-0.2, 0) is 0 Å². The average molecular weight is 243 g/mol. The van der Waals surface area contributed by atoms with Crippen LogP contribution in [0.1, 0.15) is 13.3 Å². The molecule has 0 bridgehead atoms. The Labute approximate surface area is 98.6 Å². The number of nitrogens with one attached hydrogen (secondary N) is 1. The summed E-state index contributed by atoms with van der Waals surface area (Å²) in [7, 11) is 0. The molecule has 1 saturated heterocycles. The second kappa shape index (κ2) is 4.43. The highest BCUT2D eigenvalue weighted by Crippen LogP contribution is 2.25. The minimum atomic E-state index is -0.356. The molecule has 1 aliphatic rings. The van der Waals surface area contributed by atoms with Crippen LogP contribution in [-0.4, -0.2) is 29.3 Å². The molecule has 0 aromatic carbocycles. The molecule has 0 spiro atoms. The molecular weight excluding hydrogens is 228 g/mol. The topological polar surface area (TPSA) is 75.0 Å². The smallest absolute Gasteiger partial charge is 0.285 e. The first-order valence-electron chi connectivity index (χ1n) is 5.31. The minimum absolute atomic E-state index is 0.124. The summed E-state index contributed by atoms with van der Waals surface area (Å²) in [6, 6.07) is 0.124. The van der Waals surface area contributed by atoms with Gasteiger partial charge in [-0.3, -0.25) is 4.79 Å². The number of nitrogens with two attached hydrogens (primary N) is 1. The summed E-state index contributed by atoms with van der Waals surface area (Å²) in [5.74, 6) is 0.499. The number of piperidine rings is 1. The normalized spacial score (nSPS) is 25.8. The number of H-pyrrole nitrogens is 1. The molecule has 2 rings (SSSR count). The Hall–Kier alpha value is -1.07. The van der Waals surface area contributed by atoms with Gasteiger partial charge in [-0.25, -0.2) is 5.10 Å². The summed E-state index contributed by atoms with van der Waals surface area (Å²) >= 11 is 5.96. The fraction of sp³-hybridized carbons (Fsp3) is 0.600. The molecule has 3 N–H and O–H groups in total. The van der Waals surface area contributed by atoms with Crippen molar-refractivity contribution >= 4 is 17.3 Å². The highest BCUT2D eigenvalue weighted by atomic mass is 35.5. The van der Waals surface area contributed by atoms with Crippen molar-refractivity contribution in [1.29, 1.82) is 0 Å². The number of hydrogen-bond donors (Lipinski definition) is 2. The lowest BCUT2D eigenvalue weighted by atomic mass is 9.96. The molecule has 0 amide bonds. The summed E-state index contributed by atoms with van der Waals surface area (Å²) in [6.07, 6.45) is 2.58. The zero-order chi connectivity index (χ0) is 11.7. The van der Waals surface area contributed by atoms with Crippen LogP contribution in [0.4, 0.5) is 5.69 Å². The SMILES string of the molecule is CC1CC(N)CN(c2cn[nH]c(=O)c2Cl)C1. The molecule has 0 radical (unpaired) electrons. The van der Waals surface area contributed by atoms with Crippen LogP contribution in [0.15, 0.2) is 11.0 Å². The van der Waals surface area contributed by atoms with Crippen LogP contribution in [0.3, 0.4) is 0 Å². The molecular formula is C10H15ClN4O. The van der Waals surface area contributed by atoms with E-state index in [0.29, 0.717) is 11.6 Å². The van der Waals surface area contributed by atoms with E-state index in [-0.39, 0.29) is 16.6 Å². The molecule has 1 aromatic heterocycles. The predicted octanol–water partition coefficient (Wildman–Crippen LogP) is 0.597. The van der Waals surface area contributed by atoms with E-state index in [0.717, 1.165) is 19.5 Å². The maximum atomic E-state index is 11.3. The lowest BCUT2D eigenvalue weighted by Gasteiger charge is -2.36. The van der Waals surface area contributed by atoms with Gasteiger partial charge in [0.05, 0.1) is 11.9 Å². The van der Waals surface area contributed by atoms with Gasteiger partial charge in [-0.05, 0) is 12.3 Å². The van der Waals surface area contributed by atoms with Crippen LogP contribution in [0.2, 0.25) is 5.02 Å². The Kier molecular flexibility index (Phi) is 3.16. The van der Waals surface area contributed by atoms with Crippen molar-refractivity contribution in [2.75, 3.05) is 18.0 Å². The van der Waals surface area contributed by atoms with Gasteiger partial charge in [0, 0.05) is 19.1 Å². The molecule has 2 unspecified atom stereocenters. The average Bonchev–Trinajstić information content (AvgIpc) is 2.20. The zero-order valence-electron chi connectivity index (χ0n) is 9.11. The van der Waals surface area contributed by atoms with Gasteiger partial charge < -0.3 is 10.6 Å². The summed E-state index contributed by atoms with van der Waals surface area (Å²) in [5.41, 5.74) is 6.27. The van der Waals surface area contributed by atoms with Gasteiger partial charge in [-0.1, -0.05) is 18.5 Å². The number of anilines is 1. The monoisotopic (exact) mass is 242 g/mol. The van der Waals surface area contributed by atoms with Crippen molar-refractivity contribution in [3.63, 3.8) is 0 Å². The largest absolute Gasteiger partial charge is 0.367 e. The molecule has 1 aromatic rings. The van der Waals surface area contributed by atoms with Crippen LogP contribution in [0.5, 0.6) is 0 Å². The van der Waals surface area contributed by atoms with Crippen molar-refractivity contribution < 1.29 is 0 Å². The Balaban J connectivity index is 2.30. The third-order valence-electron chi connectivity index (χ3n) is 2.81. The van der Waals surface area contributed by atoms with Crippen molar-refractivity contribution in [3.8, 4) is 0 Å². The third-order valence-corrected chi connectivity index (χ3v) is 3.18. The molecule has 1 aliphatic heterocycles. The second-order valence-corrected chi connectivity index (χ2v) is 4.78. The van der Waals surface area contributed by atoms with E-state index < -0.39 is 0 Å². The van der Waals surface area contributed by atoms with E-state index in [1.54, 1.807) is 6.20 Å². The molecule has 16 heavy (non-hydrogen) atoms. The van der Waals surface area contributed by atoms with E-state index in [2.05, 4.69) is 17.1 Å².